The molecule has 0 saturated carbocycles. The molecular weight excluding hydrogens is 170 g/mol. The first kappa shape index (κ1) is 12.3. The van der Waals surface area contributed by atoms with E-state index in [-0.39, 0.29) is 0 Å². The number of hydrogen-bond acceptors (Lipinski definition) is 3. The van der Waals surface area contributed by atoms with Gasteiger partial charge in [0, 0.05) is 19.8 Å². The number of nitrogens with one attached hydrogen (secondary N) is 1. The third-order valence-corrected chi connectivity index (χ3v) is 2.62. The molecule has 1 unspecified atom stereocenters. The van der Waals surface area contributed by atoms with Crippen molar-refractivity contribution in [1.29, 1.82) is 0 Å². The van der Waals surface area contributed by atoms with Crippen molar-refractivity contribution in [2.24, 2.45) is 0 Å². The molecule has 0 aliphatic carbocycles. The van der Waals surface area contributed by atoms with Crippen molar-refractivity contribution in [3.63, 3.8) is 0 Å². The van der Waals surface area contributed by atoms with Gasteiger partial charge >= 0.3 is 0 Å². The van der Waals surface area contributed by atoms with E-state index in [1.165, 1.54) is 18.6 Å². The zero-order valence-corrected chi connectivity index (χ0v) is 9.25. The monoisotopic (exact) mass is 191 g/mol. The van der Waals surface area contributed by atoms with E-state index in [1.54, 1.807) is 7.11 Å². The van der Waals surface area contributed by atoms with Crippen molar-refractivity contribution in [3.8, 4) is 0 Å². The first-order valence-corrected chi connectivity index (χ1v) is 5.89. The Morgan fingerprint density at radius 1 is 1.42 bits per heavy atom. The molecule has 3 heteroatoms. The molecule has 0 aliphatic heterocycles. The Kier molecular flexibility index (Phi) is 9.57. The fourth-order valence-corrected chi connectivity index (χ4v) is 1.69. The van der Waals surface area contributed by atoms with E-state index < -0.39 is 0 Å². The summed E-state index contributed by atoms with van der Waals surface area (Å²) in [6.45, 7) is 0.886. The van der Waals surface area contributed by atoms with Crippen LogP contribution in [-0.2, 0) is 4.74 Å². The summed E-state index contributed by atoms with van der Waals surface area (Å²) in [5.74, 6) is 1.25. The average Bonchev–Trinajstić information content (AvgIpc) is 2.11. The van der Waals surface area contributed by atoms with E-state index in [9.17, 15) is 0 Å². The average molecular weight is 191 g/mol. The molecule has 0 aromatic carbocycles. The maximum absolute atomic E-state index is 5.01. The standard InChI is InChI=1S/C9H21NOS/c1-10-9(6-8-12-3)5-4-7-11-2/h9-10H,4-8H2,1-3H3. The van der Waals surface area contributed by atoms with E-state index >= 15 is 0 Å². The molecule has 0 radical (unpaired) electrons. The molecule has 74 valence electrons. The summed E-state index contributed by atoms with van der Waals surface area (Å²) >= 11 is 1.91. The topological polar surface area (TPSA) is 21.3 Å². The van der Waals surface area contributed by atoms with Crippen molar-refractivity contribution < 1.29 is 4.74 Å². The van der Waals surface area contributed by atoms with Crippen LogP contribution < -0.4 is 5.32 Å². The molecule has 12 heavy (non-hydrogen) atoms. The van der Waals surface area contributed by atoms with Gasteiger partial charge in [0.05, 0.1) is 0 Å². The Balaban J connectivity index is 3.26. The van der Waals surface area contributed by atoms with Gasteiger partial charge in [-0.05, 0) is 38.3 Å². The molecule has 0 amide bonds. The number of hydrogen-bond donors (Lipinski definition) is 1. The maximum atomic E-state index is 5.01. The van der Waals surface area contributed by atoms with Crippen molar-refractivity contribution >= 4 is 11.8 Å². The predicted molar refractivity (Wildman–Crippen MR) is 57.0 cm³/mol. The van der Waals surface area contributed by atoms with Crippen LogP contribution in [0.25, 0.3) is 0 Å². The van der Waals surface area contributed by atoms with Gasteiger partial charge in [0.2, 0.25) is 0 Å². The highest BCUT2D eigenvalue weighted by molar-refractivity contribution is 7.98. The van der Waals surface area contributed by atoms with Crippen LogP contribution in [0.5, 0.6) is 0 Å². The van der Waals surface area contributed by atoms with Crippen LogP contribution in [0, 0.1) is 0 Å². The molecule has 0 aliphatic rings. The maximum Gasteiger partial charge on any atom is 0.0462 e. The molecule has 0 spiro atoms. The second-order valence-corrected chi connectivity index (χ2v) is 3.89. The number of rotatable bonds is 8. The fourth-order valence-electron chi connectivity index (χ4n) is 1.17. The zero-order chi connectivity index (χ0) is 9.23. The largest absolute Gasteiger partial charge is 0.385 e. The van der Waals surface area contributed by atoms with E-state index in [0.717, 1.165) is 13.0 Å². The predicted octanol–water partition coefficient (Wildman–Crippen LogP) is 1.75. The molecule has 0 fully saturated rings. The van der Waals surface area contributed by atoms with Crippen molar-refractivity contribution in [3.05, 3.63) is 0 Å². The Morgan fingerprint density at radius 3 is 2.67 bits per heavy atom. The highest BCUT2D eigenvalue weighted by Gasteiger charge is 2.03. The van der Waals surface area contributed by atoms with Crippen LogP contribution >= 0.6 is 11.8 Å². The lowest BCUT2D eigenvalue weighted by Crippen LogP contribution is -2.26. The van der Waals surface area contributed by atoms with Gasteiger partial charge in [-0.25, -0.2) is 0 Å². The lowest BCUT2D eigenvalue weighted by Gasteiger charge is -2.14. The van der Waals surface area contributed by atoms with Gasteiger partial charge in [-0.3, -0.25) is 0 Å². The van der Waals surface area contributed by atoms with Crippen molar-refractivity contribution in [1.82, 2.24) is 5.32 Å². The molecule has 0 aromatic rings. The van der Waals surface area contributed by atoms with Crippen LogP contribution in [0.1, 0.15) is 19.3 Å². The SMILES string of the molecule is CNC(CCCOC)CCSC. The Hall–Kier alpha value is 0.270. The molecule has 0 saturated heterocycles. The Morgan fingerprint density at radius 2 is 2.17 bits per heavy atom. The quantitative estimate of drug-likeness (QED) is 0.591. The lowest BCUT2D eigenvalue weighted by atomic mass is 10.1. The minimum atomic E-state index is 0.674. The summed E-state index contributed by atoms with van der Waals surface area (Å²) in [6.07, 6.45) is 5.81. The highest BCUT2D eigenvalue weighted by atomic mass is 32.2. The van der Waals surface area contributed by atoms with E-state index in [4.69, 9.17) is 4.74 Å². The number of thioether (sulfide) groups is 1. The first-order valence-electron chi connectivity index (χ1n) is 4.50. The molecule has 1 atom stereocenters. The summed E-state index contributed by atoms with van der Waals surface area (Å²) < 4.78 is 5.01. The third-order valence-electron chi connectivity index (χ3n) is 1.98. The van der Waals surface area contributed by atoms with Gasteiger partial charge in [0.15, 0.2) is 0 Å². The van der Waals surface area contributed by atoms with Gasteiger partial charge < -0.3 is 10.1 Å². The summed E-state index contributed by atoms with van der Waals surface area (Å²) in [4.78, 5) is 0. The summed E-state index contributed by atoms with van der Waals surface area (Å²) in [5, 5.41) is 3.33. The van der Waals surface area contributed by atoms with Gasteiger partial charge in [0.25, 0.3) is 0 Å². The molecule has 0 aromatic heterocycles. The minimum Gasteiger partial charge on any atom is -0.385 e. The Labute approximate surface area is 80.4 Å². The Bertz CT molecular complexity index is 90.6. The fraction of sp³-hybridized carbons (Fsp3) is 1.00. The lowest BCUT2D eigenvalue weighted by molar-refractivity contribution is 0.189. The van der Waals surface area contributed by atoms with Crippen molar-refractivity contribution in [2.75, 3.05) is 32.8 Å². The van der Waals surface area contributed by atoms with E-state index in [1.807, 2.05) is 18.8 Å². The second-order valence-electron chi connectivity index (χ2n) is 2.90. The van der Waals surface area contributed by atoms with Crippen LogP contribution in [0.2, 0.25) is 0 Å². The third kappa shape index (κ3) is 6.95. The molecule has 2 nitrogen and oxygen atoms in total. The second kappa shape index (κ2) is 9.36. The highest BCUT2D eigenvalue weighted by Crippen LogP contribution is 2.05. The molecule has 0 bridgehead atoms. The van der Waals surface area contributed by atoms with Gasteiger partial charge in [0.1, 0.15) is 0 Å². The van der Waals surface area contributed by atoms with Crippen molar-refractivity contribution in [2.45, 2.75) is 25.3 Å². The molecule has 1 N–H and O–H groups in total. The van der Waals surface area contributed by atoms with Crippen LogP contribution in [0.4, 0.5) is 0 Å². The number of methoxy groups -OCH3 is 1. The summed E-state index contributed by atoms with van der Waals surface area (Å²) in [6, 6.07) is 0.674. The van der Waals surface area contributed by atoms with Crippen LogP contribution in [0.3, 0.4) is 0 Å². The number of ether oxygens (including phenoxy) is 1. The smallest absolute Gasteiger partial charge is 0.0462 e. The van der Waals surface area contributed by atoms with E-state index in [2.05, 4.69) is 11.6 Å². The van der Waals surface area contributed by atoms with Gasteiger partial charge in [-0.2, -0.15) is 11.8 Å². The minimum absolute atomic E-state index is 0.674. The van der Waals surface area contributed by atoms with Crippen LogP contribution in [0.15, 0.2) is 0 Å². The van der Waals surface area contributed by atoms with E-state index in [0.29, 0.717) is 6.04 Å². The molecule has 0 heterocycles. The zero-order valence-electron chi connectivity index (χ0n) is 8.43. The summed E-state index contributed by atoms with van der Waals surface area (Å²) in [5.41, 5.74) is 0. The van der Waals surface area contributed by atoms with Gasteiger partial charge in [-0.15, -0.1) is 0 Å². The summed E-state index contributed by atoms with van der Waals surface area (Å²) in [7, 11) is 3.80. The molecule has 0 rings (SSSR count). The van der Waals surface area contributed by atoms with Gasteiger partial charge in [-0.1, -0.05) is 0 Å². The van der Waals surface area contributed by atoms with Crippen LogP contribution in [-0.4, -0.2) is 38.8 Å². The molecular formula is C9H21NOS. The first-order chi connectivity index (χ1) is 5.85. The normalized spacial score (nSPS) is 13.2.